The van der Waals surface area contributed by atoms with Gasteiger partial charge in [0.05, 0.1) is 11.5 Å². The number of carboxylic acids is 1. The summed E-state index contributed by atoms with van der Waals surface area (Å²) in [5.41, 5.74) is 9.42. The molecule has 0 spiro atoms. The minimum Gasteiger partial charge on any atom is -0.481 e. The number of nitrogens with two attached hydrogens (primary N) is 1. The molecular formula is C19H21NO4. The van der Waals surface area contributed by atoms with Crippen molar-refractivity contribution in [2.24, 2.45) is 5.73 Å². The first-order valence-electron chi connectivity index (χ1n) is 7.68. The molecule has 0 saturated carbocycles. The second-order valence-electron chi connectivity index (χ2n) is 5.76. The molecule has 5 heteroatoms. The average Bonchev–Trinajstić information content (AvgIpc) is 2.54. The summed E-state index contributed by atoms with van der Waals surface area (Å²) in [6.45, 7) is 4.01. The van der Waals surface area contributed by atoms with Gasteiger partial charge >= 0.3 is 11.9 Å². The maximum atomic E-state index is 12.1. The largest absolute Gasteiger partial charge is 0.481 e. The van der Waals surface area contributed by atoms with E-state index in [-0.39, 0.29) is 19.1 Å². The molecule has 0 bridgehead atoms. The first-order chi connectivity index (χ1) is 11.4. The van der Waals surface area contributed by atoms with E-state index in [1.807, 2.05) is 26.0 Å². The van der Waals surface area contributed by atoms with Crippen molar-refractivity contribution in [1.82, 2.24) is 0 Å². The molecule has 0 radical (unpaired) electrons. The first-order valence-corrected chi connectivity index (χ1v) is 7.68. The molecule has 1 atom stereocenters. The van der Waals surface area contributed by atoms with Crippen LogP contribution < -0.4 is 5.73 Å². The summed E-state index contributed by atoms with van der Waals surface area (Å²) < 4.78 is 5.33. The smallest absolute Gasteiger partial charge is 0.338 e. The molecule has 126 valence electrons. The van der Waals surface area contributed by atoms with Gasteiger partial charge in [-0.3, -0.25) is 4.79 Å². The Hall–Kier alpha value is -2.66. The van der Waals surface area contributed by atoms with Crippen LogP contribution in [-0.2, 0) is 16.1 Å². The van der Waals surface area contributed by atoms with Gasteiger partial charge in [-0.15, -0.1) is 0 Å². The second kappa shape index (κ2) is 7.75. The number of carbonyl (C=O) groups is 2. The van der Waals surface area contributed by atoms with Gasteiger partial charge in [-0.25, -0.2) is 4.79 Å². The van der Waals surface area contributed by atoms with Crippen LogP contribution in [0, 0.1) is 13.8 Å². The lowest BCUT2D eigenvalue weighted by molar-refractivity contribution is -0.138. The van der Waals surface area contributed by atoms with Crippen LogP contribution in [0.1, 0.15) is 38.5 Å². The molecule has 0 aromatic heterocycles. The van der Waals surface area contributed by atoms with Crippen LogP contribution in [0.5, 0.6) is 0 Å². The van der Waals surface area contributed by atoms with E-state index in [2.05, 4.69) is 0 Å². The highest BCUT2D eigenvalue weighted by molar-refractivity contribution is 5.91. The third kappa shape index (κ3) is 4.20. The van der Waals surface area contributed by atoms with E-state index in [1.54, 1.807) is 30.3 Å². The Morgan fingerprint density at radius 1 is 1.12 bits per heavy atom. The SMILES string of the molecule is Cc1ccc(C(=O)OCc2ccc([C@H](CN)C(=O)O)cc2)c(C)c1. The third-order valence-electron chi connectivity index (χ3n) is 3.89. The molecule has 0 heterocycles. The van der Waals surface area contributed by atoms with E-state index < -0.39 is 11.9 Å². The van der Waals surface area contributed by atoms with Gasteiger partial charge in [0.1, 0.15) is 6.61 Å². The normalized spacial score (nSPS) is 11.8. The summed E-state index contributed by atoms with van der Waals surface area (Å²) in [5, 5.41) is 9.09. The second-order valence-corrected chi connectivity index (χ2v) is 5.76. The highest BCUT2D eigenvalue weighted by atomic mass is 16.5. The van der Waals surface area contributed by atoms with Gasteiger partial charge in [0.15, 0.2) is 0 Å². The number of rotatable bonds is 6. The third-order valence-corrected chi connectivity index (χ3v) is 3.89. The summed E-state index contributed by atoms with van der Waals surface area (Å²) in [6.07, 6.45) is 0. The monoisotopic (exact) mass is 327 g/mol. The Bertz CT molecular complexity index is 738. The number of aryl methyl sites for hydroxylation is 2. The Labute approximate surface area is 141 Å². The van der Waals surface area contributed by atoms with E-state index >= 15 is 0 Å². The highest BCUT2D eigenvalue weighted by Gasteiger charge is 2.17. The predicted octanol–water partition coefficient (Wildman–Crippen LogP) is 2.79. The Morgan fingerprint density at radius 2 is 1.79 bits per heavy atom. The minimum atomic E-state index is -0.952. The molecule has 3 N–H and O–H groups in total. The van der Waals surface area contributed by atoms with Crippen molar-refractivity contribution in [2.75, 3.05) is 6.54 Å². The van der Waals surface area contributed by atoms with E-state index in [9.17, 15) is 9.59 Å². The van der Waals surface area contributed by atoms with Gasteiger partial charge in [-0.2, -0.15) is 0 Å². The number of aliphatic carboxylic acids is 1. The van der Waals surface area contributed by atoms with Crippen LogP contribution in [0.15, 0.2) is 42.5 Å². The standard InChI is InChI=1S/C19H21NO4/c1-12-3-8-16(13(2)9-12)19(23)24-11-14-4-6-15(7-5-14)17(10-20)18(21)22/h3-9,17H,10-11,20H2,1-2H3,(H,21,22)/t17-/m0/s1. The van der Waals surface area contributed by atoms with Gasteiger partial charge < -0.3 is 15.6 Å². The van der Waals surface area contributed by atoms with Crippen molar-refractivity contribution in [1.29, 1.82) is 0 Å². The molecule has 2 aromatic carbocycles. The molecule has 2 rings (SSSR count). The summed E-state index contributed by atoms with van der Waals surface area (Å²) in [7, 11) is 0. The summed E-state index contributed by atoms with van der Waals surface area (Å²) in [5.74, 6) is -2.05. The Balaban J connectivity index is 2.01. The van der Waals surface area contributed by atoms with Crippen LogP contribution in [0.25, 0.3) is 0 Å². The van der Waals surface area contributed by atoms with Crippen LogP contribution in [0.3, 0.4) is 0 Å². The van der Waals surface area contributed by atoms with Gasteiger partial charge in [-0.05, 0) is 36.6 Å². The molecule has 0 fully saturated rings. The molecule has 0 amide bonds. The van der Waals surface area contributed by atoms with Crippen LogP contribution in [0.2, 0.25) is 0 Å². The highest BCUT2D eigenvalue weighted by Crippen LogP contribution is 2.17. The number of hydrogen-bond donors (Lipinski definition) is 2. The molecule has 0 aliphatic heterocycles. The van der Waals surface area contributed by atoms with E-state index in [0.29, 0.717) is 11.1 Å². The lowest BCUT2D eigenvalue weighted by Crippen LogP contribution is -2.21. The van der Waals surface area contributed by atoms with E-state index in [1.165, 1.54) is 0 Å². The molecule has 0 aliphatic rings. The van der Waals surface area contributed by atoms with Crippen molar-refractivity contribution < 1.29 is 19.4 Å². The van der Waals surface area contributed by atoms with Gasteiger partial charge in [0.25, 0.3) is 0 Å². The number of carboxylic acid groups (broad SMARTS) is 1. The fourth-order valence-corrected chi connectivity index (χ4v) is 2.49. The van der Waals surface area contributed by atoms with E-state index in [0.717, 1.165) is 16.7 Å². The zero-order valence-corrected chi connectivity index (χ0v) is 13.8. The molecule has 0 saturated heterocycles. The molecule has 0 unspecified atom stereocenters. The van der Waals surface area contributed by atoms with Crippen LogP contribution in [0.4, 0.5) is 0 Å². The number of benzene rings is 2. The first kappa shape index (κ1) is 17.7. The predicted molar refractivity (Wildman–Crippen MR) is 90.9 cm³/mol. The van der Waals surface area contributed by atoms with Crippen molar-refractivity contribution in [3.05, 3.63) is 70.3 Å². The van der Waals surface area contributed by atoms with Gasteiger partial charge in [-0.1, -0.05) is 42.0 Å². The van der Waals surface area contributed by atoms with Crippen molar-refractivity contribution in [2.45, 2.75) is 26.4 Å². The molecular weight excluding hydrogens is 306 g/mol. The zero-order valence-electron chi connectivity index (χ0n) is 13.8. The number of esters is 1. The summed E-state index contributed by atoms with van der Waals surface area (Å²) >= 11 is 0. The van der Waals surface area contributed by atoms with Crippen LogP contribution >= 0.6 is 0 Å². The average molecular weight is 327 g/mol. The molecule has 2 aromatic rings. The lowest BCUT2D eigenvalue weighted by atomic mass is 9.98. The maximum Gasteiger partial charge on any atom is 0.338 e. The van der Waals surface area contributed by atoms with Crippen LogP contribution in [-0.4, -0.2) is 23.6 Å². The topological polar surface area (TPSA) is 89.6 Å². The minimum absolute atomic E-state index is 0.0381. The van der Waals surface area contributed by atoms with Crippen molar-refractivity contribution in [3.63, 3.8) is 0 Å². The fourth-order valence-electron chi connectivity index (χ4n) is 2.49. The zero-order chi connectivity index (χ0) is 17.7. The molecule has 0 aliphatic carbocycles. The van der Waals surface area contributed by atoms with Crippen molar-refractivity contribution >= 4 is 11.9 Å². The van der Waals surface area contributed by atoms with Gasteiger partial charge in [0.2, 0.25) is 0 Å². The lowest BCUT2D eigenvalue weighted by Gasteiger charge is -2.11. The number of hydrogen-bond acceptors (Lipinski definition) is 4. The number of carbonyl (C=O) groups excluding carboxylic acids is 1. The fraction of sp³-hybridized carbons (Fsp3) is 0.263. The molecule has 24 heavy (non-hydrogen) atoms. The summed E-state index contributed by atoms with van der Waals surface area (Å²) in [4.78, 5) is 23.2. The summed E-state index contributed by atoms with van der Waals surface area (Å²) in [6, 6.07) is 12.5. The molecule has 5 nitrogen and oxygen atoms in total. The van der Waals surface area contributed by atoms with Crippen molar-refractivity contribution in [3.8, 4) is 0 Å². The van der Waals surface area contributed by atoms with Gasteiger partial charge in [0, 0.05) is 6.54 Å². The maximum absolute atomic E-state index is 12.1. The quantitative estimate of drug-likeness (QED) is 0.796. The Morgan fingerprint density at radius 3 is 2.33 bits per heavy atom. The number of ether oxygens (including phenoxy) is 1. The Kier molecular flexibility index (Phi) is 5.71. The van der Waals surface area contributed by atoms with E-state index in [4.69, 9.17) is 15.6 Å².